The summed E-state index contributed by atoms with van der Waals surface area (Å²) in [5.74, 6) is -0.191. The fourth-order valence-corrected chi connectivity index (χ4v) is 1.60. The minimum absolute atomic E-state index is 0.0150. The van der Waals surface area contributed by atoms with Crippen molar-refractivity contribution in [2.45, 2.75) is 26.4 Å². The molecule has 2 atom stereocenters. The van der Waals surface area contributed by atoms with Gasteiger partial charge in [0.1, 0.15) is 5.41 Å². The summed E-state index contributed by atoms with van der Waals surface area (Å²) in [6.07, 6.45) is 4.51. The number of ether oxygens (including phenoxy) is 2. The quantitative estimate of drug-likeness (QED) is 0.491. The Balaban J connectivity index is 2.65. The fraction of sp³-hybridized carbons (Fsp3) is 0.700. The van der Waals surface area contributed by atoms with Gasteiger partial charge < -0.3 is 9.47 Å². The van der Waals surface area contributed by atoms with Crippen LogP contribution in [0.15, 0.2) is 12.2 Å². The lowest BCUT2D eigenvalue weighted by Crippen LogP contribution is -2.20. The summed E-state index contributed by atoms with van der Waals surface area (Å²) in [6.45, 7) is 4.46. The summed E-state index contributed by atoms with van der Waals surface area (Å²) in [5.41, 5.74) is -0.487. The summed E-state index contributed by atoms with van der Waals surface area (Å²) >= 11 is 0. The van der Waals surface area contributed by atoms with Crippen molar-refractivity contribution >= 4 is 5.97 Å². The summed E-state index contributed by atoms with van der Waals surface area (Å²) in [5, 5.41) is 0. The van der Waals surface area contributed by atoms with Crippen LogP contribution in [0.4, 0.5) is 0 Å². The topological polar surface area (TPSA) is 35.5 Å². The lowest BCUT2D eigenvalue weighted by molar-refractivity contribution is -0.146. The monoisotopic (exact) mass is 184 g/mol. The predicted molar refractivity (Wildman–Crippen MR) is 49.3 cm³/mol. The second-order valence-corrected chi connectivity index (χ2v) is 3.18. The molecule has 0 aliphatic heterocycles. The molecule has 0 heterocycles. The van der Waals surface area contributed by atoms with E-state index in [2.05, 4.69) is 0 Å². The third-order valence-electron chi connectivity index (χ3n) is 2.33. The molecule has 1 aliphatic carbocycles. The Morgan fingerprint density at radius 1 is 1.69 bits per heavy atom. The highest BCUT2D eigenvalue weighted by atomic mass is 16.5. The molecule has 0 N–H and O–H groups in total. The number of hydrogen-bond donors (Lipinski definition) is 0. The molecule has 1 saturated carbocycles. The van der Waals surface area contributed by atoms with Gasteiger partial charge in [-0.1, -0.05) is 12.2 Å². The summed E-state index contributed by atoms with van der Waals surface area (Å²) in [6, 6.07) is 0. The van der Waals surface area contributed by atoms with Crippen LogP contribution in [-0.2, 0) is 14.3 Å². The highest BCUT2D eigenvalue weighted by Gasteiger charge is 2.60. The van der Waals surface area contributed by atoms with Crippen LogP contribution >= 0.6 is 0 Å². The average molecular weight is 184 g/mol. The Labute approximate surface area is 78.7 Å². The molecule has 0 spiro atoms. The van der Waals surface area contributed by atoms with Gasteiger partial charge in [-0.15, -0.1) is 0 Å². The first kappa shape index (κ1) is 10.3. The Morgan fingerprint density at radius 2 is 2.38 bits per heavy atom. The van der Waals surface area contributed by atoms with Crippen molar-refractivity contribution < 1.29 is 14.3 Å². The van der Waals surface area contributed by atoms with Crippen LogP contribution < -0.4 is 0 Å². The van der Waals surface area contributed by atoms with Gasteiger partial charge in [0.05, 0.1) is 13.2 Å². The zero-order chi connectivity index (χ0) is 9.90. The number of esters is 1. The molecule has 1 fully saturated rings. The lowest BCUT2D eigenvalue weighted by Gasteiger charge is -2.09. The Bertz CT molecular complexity index is 222. The lowest BCUT2D eigenvalue weighted by atomic mass is 10.1. The van der Waals surface area contributed by atoms with Crippen LogP contribution in [0.25, 0.3) is 0 Å². The number of carbonyl (C=O) groups excluding carboxylic acids is 1. The van der Waals surface area contributed by atoms with E-state index in [0.717, 1.165) is 6.42 Å². The van der Waals surface area contributed by atoms with E-state index in [1.165, 1.54) is 7.11 Å². The third kappa shape index (κ3) is 1.75. The zero-order valence-corrected chi connectivity index (χ0v) is 8.37. The van der Waals surface area contributed by atoms with Crippen molar-refractivity contribution in [3.8, 4) is 0 Å². The maximum absolute atomic E-state index is 11.4. The van der Waals surface area contributed by atoms with Crippen molar-refractivity contribution in [1.82, 2.24) is 0 Å². The highest BCUT2D eigenvalue weighted by molar-refractivity contribution is 5.83. The normalized spacial score (nSPS) is 32.1. The summed E-state index contributed by atoms with van der Waals surface area (Å²) in [4.78, 5) is 11.4. The first-order valence-corrected chi connectivity index (χ1v) is 4.55. The van der Waals surface area contributed by atoms with Crippen LogP contribution in [0.5, 0.6) is 0 Å². The molecule has 0 saturated heterocycles. The fourth-order valence-electron chi connectivity index (χ4n) is 1.60. The minimum atomic E-state index is -0.487. The molecular formula is C10H16O3. The smallest absolute Gasteiger partial charge is 0.318 e. The van der Waals surface area contributed by atoms with E-state index in [0.29, 0.717) is 6.61 Å². The third-order valence-corrected chi connectivity index (χ3v) is 2.33. The Kier molecular flexibility index (Phi) is 3.09. The van der Waals surface area contributed by atoms with Crippen molar-refractivity contribution in [1.29, 1.82) is 0 Å². The Hall–Kier alpha value is -0.830. The number of carbonyl (C=O) groups is 1. The molecular weight excluding hydrogens is 168 g/mol. The van der Waals surface area contributed by atoms with Gasteiger partial charge in [-0.05, 0) is 20.3 Å². The second kappa shape index (κ2) is 3.92. The number of allylic oxidation sites excluding steroid dienone is 1. The van der Waals surface area contributed by atoms with Gasteiger partial charge >= 0.3 is 5.97 Å². The van der Waals surface area contributed by atoms with E-state index in [1.54, 1.807) is 0 Å². The molecule has 3 heteroatoms. The molecule has 0 amide bonds. The Morgan fingerprint density at radius 3 is 2.85 bits per heavy atom. The minimum Gasteiger partial charge on any atom is -0.468 e. The molecule has 0 aromatic rings. The highest BCUT2D eigenvalue weighted by Crippen LogP contribution is 2.50. The molecule has 13 heavy (non-hydrogen) atoms. The van der Waals surface area contributed by atoms with Gasteiger partial charge in [-0.3, -0.25) is 4.79 Å². The van der Waals surface area contributed by atoms with Crippen LogP contribution in [0.3, 0.4) is 0 Å². The van der Waals surface area contributed by atoms with E-state index < -0.39 is 5.41 Å². The number of methoxy groups -OCH3 is 1. The maximum atomic E-state index is 11.4. The predicted octanol–water partition coefficient (Wildman–Crippen LogP) is 1.53. The molecule has 0 radical (unpaired) electrons. The average Bonchev–Trinajstić information content (AvgIpc) is 2.80. The standard InChI is InChI=1S/C10H16O3/c1-4-6-10(9(11)12-3)7-8(10)13-5-2/h4,6,8H,5,7H2,1-3H3/b6-4+/t8-,10-/m0/s1. The van der Waals surface area contributed by atoms with Crippen LogP contribution in [0.2, 0.25) is 0 Å². The zero-order valence-electron chi connectivity index (χ0n) is 8.37. The van der Waals surface area contributed by atoms with Crippen LogP contribution in [-0.4, -0.2) is 25.8 Å². The first-order chi connectivity index (χ1) is 6.21. The van der Waals surface area contributed by atoms with E-state index >= 15 is 0 Å². The molecule has 1 rings (SSSR count). The van der Waals surface area contributed by atoms with Crippen molar-refractivity contribution in [3.63, 3.8) is 0 Å². The number of hydrogen-bond acceptors (Lipinski definition) is 3. The molecule has 0 bridgehead atoms. The molecule has 1 aliphatic rings. The van der Waals surface area contributed by atoms with Gasteiger partial charge in [0.2, 0.25) is 0 Å². The van der Waals surface area contributed by atoms with E-state index in [-0.39, 0.29) is 12.1 Å². The molecule has 0 aromatic carbocycles. The molecule has 0 unspecified atom stereocenters. The van der Waals surface area contributed by atoms with E-state index in [9.17, 15) is 4.79 Å². The van der Waals surface area contributed by atoms with Gasteiger partial charge in [0, 0.05) is 6.61 Å². The maximum Gasteiger partial charge on any atom is 0.318 e. The largest absolute Gasteiger partial charge is 0.468 e. The number of rotatable bonds is 4. The van der Waals surface area contributed by atoms with Gasteiger partial charge in [0.15, 0.2) is 0 Å². The second-order valence-electron chi connectivity index (χ2n) is 3.18. The molecule has 74 valence electrons. The summed E-state index contributed by atoms with van der Waals surface area (Å²) in [7, 11) is 1.41. The van der Waals surface area contributed by atoms with Crippen molar-refractivity contribution in [2.75, 3.05) is 13.7 Å². The van der Waals surface area contributed by atoms with Crippen LogP contribution in [0.1, 0.15) is 20.3 Å². The molecule has 0 aromatic heterocycles. The van der Waals surface area contributed by atoms with Gasteiger partial charge in [-0.2, -0.15) is 0 Å². The first-order valence-electron chi connectivity index (χ1n) is 4.55. The van der Waals surface area contributed by atoms with E-state index in [1.807, 2.05) is 26.0 Å². The van der Waals surface area contributed by atoms with Crippen molar-refractivity contribution in [3.05, 3.63) is 12.2 Å². The van der Waals surface area contributed by atoms with E-state index in [4.69, 9.17) is 9.47 Å². The van der Waals surface area contributed by atoms with Crippen LogP contribution in [0, 0.1) is 5.41 Å². The van der Waals surface area contributed by atoms with Gasteiger partial charge in [0.25, 0.3) is 0 Å². The molecule has 3 nitrogen and oxygen atoms in total. The SMILES string of the molecule is C/C=C/[C@]1(C(=O)OC)C[C@@H]1OCC. The van der Waals surface area contributed by atoms with Gasteiger partial charge in [-0.25, -0.2) is 0 Å². The summed E-state index contributed by atoms with van der Waals surface area (Å²) < 4.78 is 10.1. The van der Waals surface area contributed by atoms with Crippen molar-refractivity contribution in [2.24, 2.45) is 5.41 Å².